The van der Waals surface area contributed by atoms with Crippen LogP contribution in [0, 0.1) is 0 Å². The fourth-order valence-electron chi connectivity index (χ4n) is 0.109. The molecule has 0 aliphatic carbocycles. The molecule has 0 spiro atoms. The van der Waals surface area contributed by atoms with E-state index in [1.54, 1.807) is 0 Å². The van der Waals surface area contributed by atoms with Gasteiger partial charge in [-0.2, -0.15) is 0 Å². The second-order valence-electron chi connectivity index (χ2n) is 0.975. The van der Waals surface area contributed by atoms with Crippen LogP contribution in [0.2, 0.25) is 0 Å². The van der Waals surface area contributed by atoms with E-state index >= 15 is 0 Å². The maximum Gasteiger partial charge on any atom is 0.0914 e. The van der Waals surface area contributed by atoms with Gasteiger partial charge in [0.15, 0.2) is 0 Å². The summed E-state index contributed by atoms with van der Waals surface area (Å²) in [4.78, 5) is 2.36. The second-order valence-corrected chi connectivity index (χ2v) is 0.975. The minimum absolute atomic E-state index is 0.0119. The zero-order valence-electron chi connectivity index (χ0n) is 3.87. The fourth-order valence-corrected chi connectivity index (χ4v) is 0.109. The molecule has 4 heteroatoms. The molecule has 0 aromatic heterocycles. The Bertz CT molecular complexity index is 118. The Morgan fingerprint density at radius 3 is 2.71 bits per heavy atom. The highest BCUT2D eigenvalue weighted by molar-refractivity contribution is 4.82. The maximum atomic E-state index is 8.28. The molecular formula is C3H5N3O. The van der Waals surface area contributed by atoms with Gasteiger partial charge in [-0.3, -0.25) is 0 Å². The standard InChI is InChI=1S/C3H5N3O/c1-3(7)2-5-6-4/h2,7H,1H3/b3-2+. The van der Waals surface area contributed by atoms with Gasteiger partial charge in [-0.1, -0.05) is 5.11 Å². The first-order valence-electron chi connectivity index (χ1n) is 1.67. The van der Waals surface area contributed by atoms with Crippen LogP contribution in [0.1, 0.15) is 6.92 Å². The number of hydrogen-bond donors (Lipinski definition) is 1. The van der Waals surface area contributed by atoms with E-state index in [1.807, 2.05) is 0 Å². The topological polar surface area (TPSA) is 69.0 Å². The third-order valence-electron chi connectivity index (χ3n) is 0.296. The highest BCUT2D eigenvalue weighted by atomic mass is 16.3. The van der Waals surface area contributed by atoms with Crippen molar-refractivity contribution in [3.05, 3.63) is 22.4 Å². The predicted octanol–water partition coefficient (Wildman–Crippen LogP) is 1.72. The molecule has 0 aromatic carbocycles. The van der Waals surface area contributed by atoms with Crippen LogP contribution in [0.4, 0.5) is 0 Å². The minimum Gasteiger partial charge on any atom is -0.513 e. The van der Waals surface area contributed by atoms with Crippen LogP contribution < -0.4 is 0 Å². The van der Waals surface area contributed by atoms with Crippen molar-refractivity contribution in [1.29, 1.82) is 0 Å². The van der Waals surface area contributed by atoms with E-state index in [-0.39, 0.29) is 5.76 Å². The zero-order valence-corrected chi connectivity index (χ0v) is 3.87. The van der Waals surface area contributed by atoms with E-state index in [0.29, 0.717) is 0 Å². The SMILES string of the molecule is C/C(O)=C\N=[N+]=[N-]. The van der Waals surface area contributed by atoms with Crippen molar-refractivity contribution in [2.45, 2.75) is 6.92 Å². The largest absolute Gasteiger partial charge is 0.513 e. The van der Waals surface area contributed by atoms with E-state index < -0.39 is 0 Å². The Kier molecular flexibility index (Phi) is 2.55. The lowest BCUT2D eigenvalue weighted by molar-refractivity contribution is 0.412. The fraction of sp³-hybridized carbons (Fsp3) is 0.333. The molecule has 0 radical (unpaired) electrons. The molecule has 7 heavy (non-hydrogen) atoms. The molecular weight excluding hydrogens is 94.1 g/mol. The van der Waals surface area contributed by atoms with Gasteiger partial charge in [0, 0.05) is 11.1 Å². The summed E-state index contributed by atoms with van der Waals surface area (Å²) < 4.78 is 0. The highest BCUT2D eigenvalue weighted by Crippen LogP contribution is 1.82. The second kappa shape index (κ2) is 3.06. The summed E-state index contributed by atoms with van der Waals surface area (Å²) in [6.07, 6.45) is 1.03. The number of rotatable bonds is 1. The molecule has 0 saturated carbocycles. The molecule has 0 aromatic rings. The summed E-state index contributed by atoms with van der Waals surface area (Å²) in [7, 11) is 0. The van der Waals surface area contributed by atoms with Gasteiger partial charge in [-0.25, -0.2) is 0 Å². The number of nitrogens with zero attached hydrogens (tertiary/aromatic N) is 3. The molecule has 0 atom stereocenters. The first-order chi connectivity index (χ1) is 3.27. The van der Waals surface area contributed by atoms with Gasteiger partial charge in [-0.05, 0) is 12.5 Å². The average molecular weight is 99.1 g/mol. The van der Waals surface area contributed by atoms with E-state index in [1.165, 1.54) is 6.92 Å². The zero-order chi connectivity index (χ0) is 5.70. The quantitative estimate of drug-likeness (QED) is 0.231. The van der Waals surface area contributed by atoms with Gasteiger partial charge < -0.3 is 5.11 Å². The van der Waals surface area contributed by atoms with Crippen molar-refractivity contribution < 1.29 is 5.11 Å². The van der Waals surface area contributed by atoms with Crippen molar-refractivity contribution in [1.82, 2.24) is 0 Å². The summed E-state index contributed by atoms with van der Waals surface area (Å²) in [5.74, 6) is 0.0119. The first-order valence-corrected chi connectivity index (χ1v) is 1.67. The lowest BCUT2D eigenvalue weighted by Gasteiger charge is -1.76. The third kappa shape index (κ3) is 4.85. The van der Waals surface area contributed by atoms with Crippen LogP contribution >= 0.6 is 0 Å². The van der Waals surface area contributed by atoms with E-state index in [4.69, 9.17) is 10.6 Å². The molecule has 0 fully saturated rings. The number of aliphatic hydroxyl groups is 1. The van der Waals surface area contributed by atoms with Crippen LogP contribution in [0.25, 0.3) is 10.4 Å². The number of allylic oxidation sites excluding steroid dienone is 1. The lowest BCUT2D eigenvalue weighted by Crippen LogP contribution is -1.62. The van der Waals surface area contributed by atoms with Gasteiger partial charge in [0.2, 0.25) is 0 Å². The summed E-state index contributed by atoms with van der Waals surface area (Å²) in [5.41, 5.74) is 7.62. The average Bonchev–Trinajstić information content (AvgIpc) is 1.61. The van der Waals surface area contributed by atoms with Crippen LogP contribution in [-0.4, -0.2) is 5.11 Å². The highest BCUT2D eigenvalue weighted by Gasteiger charge is 1.68. The molecule has 0 saturated heterocycles. The monoisotopic (exact) mass is 99.0 g/mol. The summed E-state index contributed by atoms with van der Waals surface area (Å²) in [6.45, 7) is 1.43. The van der Waals surface area contributed by atoms with Crippen LogP contribution in [-0.2, 0) is 0 Å². The molecule has 0 rings (SSSR count). The third-order valence-corrected chi connectivity index (χ3v) is 0.296. The van der Waals surface area contributed by atoms with Crippen molar-refractivity contribution in [3.8, 4) is 0 Å². The maximum absolute atomic E-state index is 8.28. The number of azide groups is 1. The van der Waals surface area contributed by atoms with Crippen molar-refractivity contribution in [3.63, 3.8) is 0 Å². The molecule has 1 N–H and O–H groups in total. The van der Waals surface area contributed by atoms with Crippen LogP contribution in [0.15, 0.2) is 17.1 Å². The van der Waals surface area contributed by atoms with Crippen molar-refractivity contribution in [2.75, 3.05) is 0 Å². The predicted molar refractivity (Wildman–Crippen MR) is 25.5 cm³/mol. The van der Waals surface area contributed by atoms with Gasteiger partial charge >= 0.3 is 0 Å². The van der Waals surface area contributed by atoms with Gasteiger partial charge in [0.1, 0.15) is 0 Å². The smallest absolute Gasteiger partial charge is 0.0914 e. The van der Waals surface area contributed by atoms with E-state index in [0.717, 1.165) is 6.20 Å². The molecule has 0 aliphatic rings. The Balaban J connectivity index is 3.69. The Morgan fingerprint density at radius 2 is 2.57 bits per heavy atom. The number of hydrogen-bond acceptors (Lipinski definition) is 2. The van der Waals surface area contributed by atoms with E-state index in [9.17, 15) is 0 Å². The Hall–Kier alpha value is -1.15. The van der Waals surface area contributed by atoms with Crippen LogP contribution in [0.3, 0.4) is 0 Å². The van der Waals surface area contributed by atoms with Gasteiger partial charge in [-0.15, -0.1) is 0 Å². The summed E-state index contributed by atoms with van der Waals surface area (Å²) >= 11 is 0. The van der Waals surface area contributed by atoms with Crippen molar-refractivity contribution in [2.24, 2.45) is 5.11 Å². The molecule has 0 bridgehead atoms. The molecule has 0 unspecified atom stereocenters. The molecule has 0 heterocycles. The van der Waals surface area contributed by atoms with Crippen molar-refractivity contribution >= 4 is 0 Å². The molecule has 38 valence electrons. The van der Waals surface area contributed by atoms with Crippen LogP contribution in [0.5, 0.6) is 0 Å². The van der Waals surface area contributed by atoms with Gasteiger partial charge in [0.25, 0.3) is 0 Å². The Morgan fingerprint density at radius 1 is 2.00 bits per heavy atom. The number of aliphatic hydroxyl groups excluding tert-OH is 1. The molecule has 4 nitrogen and oxygen atoms in total. The normalized spacial score (nSPS) is 10.1. The lowest BCUT2D eigenvalue weighted by atomic mass is 10.6. The molecule has 0 amide bonds. The summed E-state index contributed by atoms with van der Waals surface area (Å²) in [5, 5.41) is 11.2. The first kappa shape index (κ1) is 5.85. The van der Waals surface area contributed by atoms with Gasteiger partial charge in [0.05, 0.1) is 5.76 Å². The minimum atomic E-state index is 0.0119. The van der Waals surface area contributed by atoms with E-state index in [2.05, 4.69) is 10.0 Å². The summed E-state index contributed by atoms with van der Waals surface area (Å²) in [6, 6.07) is 0. The Labute approximate surface area is 40.7 Å². The molecule has 0 aliphatic heterocycles.